The van der Waals surface area contributed by atoms with Gasteiger partial charge in [-0.15, -0.1) is 0 Å². The van der Waals surface area contributed by atoms with Crippen LogP contribution in [0.15, 0.2) is 16.7 Å². The van der Waals surface area contributed by atoms with E-state index in [-0.39, 0.29) is 5.91 Å². The lowest BCUT2D eigenvalue weighted by molar-refractivity contribution is 0.0576. The molecule has 3 rings (SSSR count). The number of aryl methyl sites for hydroxylation is 1. The molecule has 0 atom stereocenters. The summed E-state index contributed by atoms with van der Waals surface area (Å²) in [6.45, 7) is 5.89. The fourth-order valence-corrected chi connectivity index (χ4v) is 3.14. The topological polar surface area (TPSA) is 45.5 Å². The SMILES string of the molecule is Cc1ccoc1C(=O)N1CCC2(CCNC2)CC1. The third-order valence-electron chi connectivity index (χ3n) is 4.50. The molecule has 4 nitrogen and oxygen atoms in total. The molecular formula is C14H20N2O2. The highest BCUT2D eigenvalue weighted by atomic mass is 16.3. The molecular weight excluding hydrogens is 228 g/mol. The normalized spacial score (nSPS) is 22.6. The van der Waals surface area contributed by atoms with Gasteiger partial charge >= 0.3 is 0 Å². The number of amides is 1. The van der Waals surface area contributed by atoms with Crippen LogP contribution in [0.25, 0.3) is 0 Å². The highest BCUT2D eigenvalue weighted by Gasteiger charge is 2.38. The van der Waals surface area contributed by atoms with Crippen LogP contribution in [0.5, 0.6) is 0 Å². The van der Waals surface area contributed by atoms with Crippen LogP contribution < -0.4 is 5.32 Å². The Morgan fingerprint density at radius 2 is 2.17 bits per heavy atom. The Morgan fingerprint density at radius 3 is 2.72 bits per heavy atom. The first-order chi connectivity index (χ1) is 8.70. The first-order valence-electron chi connectivity index (χ1n) is 6.74. The second-order valence-corrected chi connectivity index (χ2v) is 5.65. The Morgan fingerprint density at radius 1 is 1.39 bits per heavy atom. The standard InChI is InChI=1S/C14H20N2O2/c1-11-2-9-18-12(11)13(17)16-7-4-14(5-8-16)3-6-15-10-14/h2,9,15H,3-8,10H2,1H3. The van der Waals surface area contributed by atoms with E-state index in [0.29, 0.717) is 11.2 Å². The zero-order valence-electron chi connectivity index (χ0n) is 10.9. The minimum Gasteiger partial charge on any atom is -0.459 e. The number of likely N-dealkylation sites (tertiary alicyclic amines) is 1. The molecule has 2 aliphatic rings. The first-order valence-corrected chi connectivity index (χ1v) is 6.74. The van der Waals surface area contributed by atoms with Crippen LogP contribution in [0.4, 0.5) is 0 Å². The summed E-state index contributed by atoms with van der Waals surface area (Å²) in [5.74, 6) is 0.564. The van der Waals surface area contributed by atoms with Crippen molar-refractivity contribution in [2.75, 3.05) is 26.2 Å². The highest BCUT2D eigenvalue weighted by molar-refractivity contribution is 5.92. The van der Waals surface area contributed by atoms with Crippen LogP contribution in [-0.2, 0) is 0 Å². The van der Waals surface area contributed by atoms with Crippen molar-refractivity contribution < 1.29 is 9.21 Å². The van der Waals surface area contributed by atoms with Gasteiger partial charge in [-0.3, -0.25) is 4.79 Å². The highest BCUT2D eigenvalue weighted by Crippen LogP contribution is 2.37. The number of hydrogen-bond donors (Lipinski definition) is 1. The van der Waals surface area contributed by atoms with Crippen molar-refractivity contribution in [1.82, 2.24) is 10.2 Å². The van der Waals surface area contributed by atoms with Gasteiger partial charge in [0.15, 0.2) is 5.76 Å². The van der Waals surface area contributed by atoms with E-state index in [0.717, 1.165) is 44.6 Å². The van der Waals surface area contributed by atoms with Gasteiger partial charge < -0.3 is 14.6 Å². The smallest absolute Gasteiger partial charge is 0.289 e. The largest absolute Gasteiger partial charge is 0.459 e. The zero-order valence-corrected chi connectivity index (χ0v) is 10.9. The maximum absolute atomic E-state index is 12.3. The maximum atomic E-state index is 12.3. The van der Waals surface area contributed by atoms with E-state index in [1.54, 1.807) is 6.26 Å². The summed E-state index contributed by atoms with van der Waals surface area (Å²) in [6.07, 6.45) is 5.08. The van der Waals surface area contributed by atoms with Crippen LogP contribution in [0.1, 0.15) is 35.4 Å². The molecule has 98 valence electrons. The van der Waals surface area contributed by atoms with Gasteiger partial charge in [0.2, 0.25) is 0 Å². The third-order valence-corrected chi connectivity index (χ3v) is 4.50. The average molecular weight is 248 g/mol. The summed E-state index contributed by atoms with van der Waals surface area (Å²) in [5, 5.41) is 3.44. The van der Waals surface area contributed by atoms with Crippen LogP contribution >= 0.6 is 0 Å². The van der Waals surface area contributed by atoms with Crippen molar-refractivity contribution in [3.63, 3.8) is 0 Å². The molecule has 2 aliphatic heterocycles. The molecule has 0 unspecified atom stereocenters. The van der Waals surface area contributed by atoms with Gasteiger partial charge in [0.25, 0.3) is 5.91 Å². The molecule has 0 aliphatic carbocycles. The Balaban J connectivity index is 1.66. The molecule has 0 bridgehead atoms. The Hall–Kier alpha value is -1.29. The maximum Gasteiger partial charge on any atom is 0.289 e. The second-order valence-electron chi connectivity index (χ2n) is 5.65. The Labute approximate surface area is 107 Å². The van der Waals surface area contributed by atoms with Crippen LogP contribution in [0.2, 0.25) is 0 Å². The van der Waals surface area contributed by atoms with Gasteiger partial charge in [-0.1, -0.05) is 0 Å². The van der Waals surface area contributed by atoms with Gasteiger partial charge in [-0.05, 0) is 44.2 Å². The van der Waals surface area contributed by atoms with Crippen molar-refractivity contribution in [3.05, 3.63) is 23.7 Å². The van der Waals surface area contributed by atoms with Crippen LogP contribution in [0, 0.1) is 12.3 Å². The predicted molar refractivity (Wildman–Crippen MR) is 68.5 cm³/mol. The Bertz CT molecular complexity index is 436. The van der Waals surface area contributed by atoms with Crippen LogP contribution in [-0.4, -0.2) is 37.0 Å². The van der Waals surface area contributed by atoms with Gasteiger partial charge in [0.1, 0.15) is 0 Å². The molecule has 3 heterocycles. The lowest BCUT2D eigenvalue weighted by Gasteiger charge is -2.38. The summed E-state index contributed by atoms with van der Waals surface area (Å²) < 4.78 is 5.29. The van der Waals surface area contributed by atoms with E-state index in [9.17, 15) is 4.79 Å². The molecule has 1 aromatic heterocycles. The first kappa shape index (κ1) is 11.8. The van der Waals surface area contributed by atoms with Crippen molar-refractivity contribution in [3.8, 4) is 0 Å². The van der Waals surface area contributed by atoms with Crippen molar-refractivity contribution in [2.45, 2.75) is 26.2 Å². The molecule has 0 saturated carbocycles. The number of rotatable bonds is 1. The van der Waals surface area contributed by atoms with E-state index in [2.05, 4.69) is 5.32 Å². The fourth-order valence-electron chi connectivity index (χ4n) is 3.14. The zero-order chi connectivity index (χ0) is 12.6. The monoisotopic (exact) mass is 248 g/mol. The number of nitrogens with zero attached hydrogens (tertiary/aromatic N) is 1. The minimum atomic E-state index is 0.0540. The minimum absolute atomic E-state index is 0.0540. The number of hydrogen-bond acceptors (Lipinski definition) is 3. The lowest BCUT2D eigenvalue weighted by Crippen LogP contribution is -2.44. The molecule has 1 aromatic rings. The molecule has 2 saturated heterocycles. The van der Waals surface area contributed by atoms with Gasteiger partial charge in [-0.25, -0.2) is 0 Å². The summed E-state index contributed by atoms with van der Waals surface area (Å²) in [7, 11) is 0. The van der Waals surface area contributed by atoms with E-state index in [4.69, 9.17) is 4.42 Å². The van der Waals surface area contributed by atoms with Crippen molar-refractivity contribution in [1.29, 1.82) is 0 Å². The van der Waals surface area contributed by atoms with E-state index in [1.807, 2.05) is 17.9 Å². The molecule has 1 spiro atoms. The van der Waals surface area contributed by atoms with Gasteiger partial charge in [0.05, 0.1) is 6.26 Å². The molecule has 0 radical (unpaired) electrons. The summed E-state index contributed by atoms with van der Waals surface area (Å²) >= 11 is 0. The van der Waals surface area contributed by atoms with Crippen molar-refractivity contribution in [2.24, 2.45) is 5.41 Å². The number of carbonyl (C=O) groups is 1. The quantitative estimate of drug-likeness (QED) is 0.824. The second kappa shape index (κ2) is 4.43. The van der Waals surface area contributed by atoms with E-state index >= 15 is 0 Å². The van der Waals surface area contributed by atoms with Crippen LogP contribution in [0.3, 0.4) is 0 Å². The summed E-state index contributed by atoms with van der Waals surface area (Å²) in [5.41, 5.74) is 1.39. The molecule has 18 heavy (non-hydrogen) atoms. The van der Waals surface area contributed by atoms with Crippen molar-refractivity contribution >= 4 is 5.91 Å². The Kier molecular flexibility index (Phi) is 2.90. The third kappa shape index (κ3) is 1.94. The van der Waals surface area contributed by atoms with Gasteiger partial charge in [-0.2, -0.15) is 0 Å². The molecule has 2 fully saturated rings. The molecule has 4 heteroatoms. The van der Waals surface area contributed by atoms with E-state index < -0.39 is 0 Å². The molecule has 0 aromatic carbocycles. The fraction of sp³-hybridized carbons (Fsp3) is 0.643. The molecule has 1 N–H and O–H groups in total. The predicted octanol–water partition coefficient (Wildman–Crippen LogP) is 1.80. The summed E-state index contributed by atoms with van der Waals surface area (Å²) in [4.78, 5) is 14.2. The van der Waals surface area contributed by atoms with E-state index in [1.165, 1.54) is 6.42 Å². The number of piperidine rings is 1. The lowest BCUT2D eigenvalue weighted by atomic mass is 9.78. The van der Waals surface area contributed by atoms with Gasteiger partial charge in [0, 0.05) is 25.2 Å². The average Bonchev–Trinajstić information content (AvgIpc) is 2.99. The summed E-state index contributed by atoms with van der Waals surface area (Å²) in [6, 6.07) is 1.85. The number of carbonyl (C=O) groups excluding carboxylic acids is 1. The molecule has 1 amide bonds. The number of furan rings is 1. The number of nitrogens with one attached hydrogen (secondary N) is 1.